The first-order valence-electron chi connectivity index (χ1n) is 10.9. The fraction of sp³-hybridized carbons (Fsp3) is 0.583. The van der Waals surface area contributed by atoms with E-state index in [9.17, 15) is 24.3 Å². The van der Waals surface area contributed by atoms with Crippen LogP contribution in [0.15, 0.2) is 18.2 Å². The lowest BCUT2D eigenvalue weighted by molar-refractivity contribution is -0.154. The van der Waals surface area contributed by atoms with Gasteiger partial charge in [0.15, 0.2) is 11.5 Å². The molecule has 1 rings (SSSR count). The summed E-state index contributed by atoms with van der Waals surface area (Å²) in [6.07, 6.45) is -0.593. The van der Waals surface area contributed by atoms with Gasteiger partial charge in [0.05, 0.1) is 6.42 Å². The standard InChI is InChI=1S/C24H35NO8/c1-7-19(26)32-17-10-9-16(11-18(17)33-20(27)8-2)13-24(25,22(29)30)12-15(3)31-21(28)14-23(4,5)6/h9-11,15H,7-8,12-14,25H2,1-6H3,(H,29,30)/t15-,24?/m0/s1. The molecule has 0 fully saturated rings. The van der Waals surface area contributed by atoms with E-state index in [0.717, 1.165) is 0 Å². The highest BCUT2D eigenvalue weighted by atomic mass is 16.6. The van der Waals surface area contributed by atoms with E-state index in [1.807, 2.05) is 20.8 Å². The molecule has 0 spiro atoms. The minimum atomic E-state index is -1.75. The van der Waals surface area contributed by atoms with Gasteiger partial charge in [-0.3, -0.25) is 19.2 Å². The van der Waals surface area contributed by atoms with Crippen LogP contribution in [0.3, 0.4) is 0 Å². The van der Waals surface area contributed by atoms with Crippen LogP contribution in [0.4, 0.5) is 0 Å². The Hall–Kier alpha value is -2.94. The number of esters is 3. The van der Waals surface area contributed by atoms with Crippen molar-refractivity contribution in [3.05, 3.63) is 23.8 Å². The number of carboxylic acids is 1. The molecule has 33 heavy (non-hydrogen) atoms. The van der Waals surface area contributed by atoms with Gasteiger partial charge < -0.3 is 25.1 Å². The fourth-order valence-corrected chi connectivity index (χ4v) is 3.07. The number of hydrogen-bond acceptors (Lipinski definition) is 8. The summed E-state index contributed by atoms with van der Waals surface area (Å²) in [7, 11) is 0. The van der Waals surface area contributed by atoms with Crippen LogP contribution in [0.1, 0.15) is 72.8 Å². The Morgan fingerprint density at radius 3 is 2.00 bits per heavy atom. The molecule has 0 bridgehead atoms. The third-order valence-corrected chi connectivity index (χ3v) is 4.64. The van der Waals surface area contributed by atoms with Crippen molar-refractivity contribution < 1.29 is 38.5 Å². The van der Waals surface area contributed by atoms with Crippen molar-refractivity contribution in [2.45, 2.75) is 85.3 Å². The zero-order valence-electron chi connectivity index (χ0n) is 20.2. The number of carbonyl (C=O) groups excluding carboxylic acids is 3. The highest BCUT2D eigenvalue weighted by Crippen LogP contribution is 2.31. The second-order valence-corrected chi connectivity index (χ2v) is 9.32. The first-order chi connectivity index (χ1) is 15.2. The quantitative estimate of drug-likeness (QED) is 0.371. The summed E-state index contributed by atoms with van der Waals surface area (Å²) in [5.41, 5.74) is 4.64. The maximum Gasteiger partial charge on any atom is 0.324 e. The Kier molecular flexibility index (Phi) is 10.0. The molecule has 1 aromatic carbocycles. The number of rotatable bonds is 11. The molecule has 0 saturated carbocycles. The molecule has 2 atom stereocenters. The first kappa shape index (κ1) is 28.1. The fourth-order valence-electron chi connectivity index (χ4n) is 3.07. The summed E-state index contributed by atoms with van der Waals surface area (Å²) in [6.45, 7) is 10.5. The maximum atomic E-state index is 12.1. The molecule has 1 unspecified atom stereocenters. The molecule has 0 heterocycles. The number of aliphatic carboxylic acids is 1. The molecule has 1 aromatic rings. The number of hydrogen-bond donors (Lipinski definition) is 2. The van der Waals surface area contributed by atoms with E-state index in [1.54, 1.807) is 26.8 Å². The van der Waals surface area contributed by atoms with E-state index >= 15 is 0 Å². The van der Waals surface area contributed by atoms with Gasteiger partial charge in [-0.25, -0.2) is 0 Å². The van der Waals surface area contributed by atoms with Crippen molar-refractivity contribution in [3.8, 4) is 11.5 Å². The van der Waals surface area contributed by atoms with Crippen molar-refractivity contribution in [1.82, 2.24) is 0 Å². The van der Waals surface area contributed by atoms with E-state index in [2.05, 4.69) is 0 Å². The number of benzene rings is 1. The average molecular weight is 466 g/mol. The van der Waals surface area contributed by atoms with E-state index in [4.69, 9.17) is 19.9 Å². The molecular weight excluding hydrogens is 430 g/mol. The molecule has 0 aromatic heterocycles. The van der Waals surface area contributed by atoms with Crippen molar-refractivity contribution >= 4 is 23.9 Å². The minimum Gasteiger partial charge on any atom is -0.480 e. The summed E-state index contributed by atoms with van der Waals surface area (Å²) in [6, 6.07) is 4.39. The van der Waals surface area contributed by atoms with Gasteiger partial charge >= 0.3 is 23.9 Å². The van der Waals surface area contributed by atoms with Crippen LogP contribution >= 0.6 is 0 Å². The Bertz CT molecular complexity index is 874. The molecule has 0 amide bonds. The third kappa shape index (κ3) is 9.61. The van der Waals surface area contributed by atoms with Crippen LogP contribution in [0, 0.1) is 5.41 Å². The predicted molar refractivity (Wildman–Crippen MR) is 121 cm³/mol. The molecule has 0 aliphatic rings. The van der Waals surface area contributed by atoms with Crippen LogP contribution in [0.5, 0.6) is 11.5 Å². The largest absolute Gasteiger partial charge is 0.480 e. The van der Waals surface area contributed by atoms with E-state index in [-0.39, 0.29) is 49.0 Å². The van der Waals surface area contributed by atoms with E-state index in [1.165, 1.54) is 12.1 Å². The second kappa shape index (κ2) is 11.8. The third-order valence-electron chi connectivity index (χ3n) is 4.64. The number of carbonyl (C=O) groups is 4. The van der Waals surface area contributed by atoms with Crippen LogP contribution in [-0.4, -0.2) is 40.6 Å². The van der Waals surface area contributed by atoms with Crippen molar-refractivity contribution in [1.29, 1.82) is 0 Å². The normalized spacial score (nSPS) is 14.0. The number of nitrogens with two attached hydrogens (primary N) is 1. The topological polar surface area (TPSA) is 142 Å². The summed E-state index contributed by atoms with van der Waals surface area (Å²) in [4.78, 5) is 47.6. The Balaban J connectivity index is 3.10. The molecule has 0 radical (unpaired) electrons. The second-order valence-electron chi connectivity index (χ2n) is 9.32. The van der Waals surface area contributed by atoms with Crippen molar-refractivity contribution in [3.63, 3.8) is 0 Å². The lowest BCUT2D eigenvalue weighted by Crippen LogP contribution is -2.52. The smallest absolute Gasteiger partial charge is 0.324 e. The van der Waals surface area contributed by atoms with E-state index < -0.39 is 35.5 Å². The Morgan fingerprint density at radius 1 is 0.970 bits per heavy atom. The zero-order valence-corrected chi connectivity index (χ0v) is 20.2. The van der Waals surface area contributed by atoms with Crippen molar-refractivity contribution in [2.24, 2.45) is 11.1 Å². The summed E-state index contributed by atoms with van der Waals surface area (Å²) in [5, 5.41) is 9.80. The van der Waals surface area contributed by atoms with Gasteiger partial charge in [-0.1, -0.05) is 40.7 Å². The molecule has 3 N–H and O–H groups in total. The zero-order chi connectivity index (χ0) is 25.4. The molecule has 0 aliphatic carbocycles. The summed E-state index contributed by atoms with van der Waals surface area (Å²) >= 11 is 0. The summed E-state index contributed by atoms with van der Waals surface area (Å²) < 4.78 is 15.8. The van der Waals surface area contributed by atoms with Gasteiger partial charge in [0.1, 0.15) is 11.6 Å². The monoisotopic (exact) mass is 465 g/mol. The van der Waals surface area contributed by atoms with Crippen LogP contribution in [0.25, 0.3) is 0 Å². The van der Waals surface area contributed by atoms with Gasteiger partial charge in [-0.2, -0.15) is 0 Å². The van der Waals surface area contributed by atoms with Gasteiger partial charge in [0.2, 0.25) is 0 Å². The molecular formula is C24H35NO8. The SMILES string of the molecule is CCC(=O)Oc1ccc(CC(N)(C[C@H](C)OC(=O)CC(C)(C)C)C(=O)O)cc1OC(=O)CC. The summed E-state index contributed by atoms with van der Waals surface area (Å²) in [5.74, 6) is -2.71. The van der Waals surface area contributed by atoms with E-state index in [0.29, 0.717) is 5.56 Å². The van der Waals surface area contributed by atoms with Gasteiger partial charge in [0.25, 0.3) is 0 Å². The molecule has 0 saturated heterocycles. The molecule has 9 nitrogen and oxygen atoms in total. The van der Waals surface area contributed by atoms with Gasteiger partial charge in [-0.05, 0) is 30.0 Å². The predicted octanol–water partition coefficient (Wildman–Crippen LogP) is 3.40. The highest BCUT2D eigenvalue weighted by molar-refractivity contribution is 5.79. The molecule has 0 aliphatic heterocycles. The minimum absolute atomic E-state index is 0.00135. The van der Waals surface area contributed by atoms with Gasteiger partial charge in [-0.15, -0.1) is 0 Å². The van der Waals surface area contributed by atoms with Crippen LogP contribution in [0.2, 0.25) is 0 Å². The molecule has 9 heteroatoms. The van der Waals surface area contributed by atoms with Crippen molar-refractivity contribution in [2.75, 3.05) is 0 Å². The average Bonchev–Trinajstić information content (AvgIpc) is 2.67. The first-order valence-corrected chi connectivity index (χ1v) is 10.9. The Labute approximate surface area is 194 Å². The van der Waals surface area contributed by atoms with Crippen LogP contribution in [-0.2, 0) is 30.3 Å². The van der Waals surface area contributed by atoms with Gasteiger partial charge in [0, 0.05) is 25.7 Å². The lowest BCUT2D eigenvalue weighted by atomic mass is 9.86. The van der Waals surface area contributed by atoms with Crippen LogP contribution < -0.4 is 15.2 Å². The highest BCUT2D eigenvalue weighted by Gasteiger charge is 2.37. The number of carboxylic acid groups (broad SMARTS) is 1. The maximum absolute atomic E-state index is 12.1. The number of ether oxygens (including phenoxy) is 3. The Morgan fingerprint density at radius 2 is 1.52 bits per heavy atom. The lowest BCUT2D eigenvalue weighted by Gasteiger charge is -2.28. The molecule has 184 valence electrons.